The second kappa shape index (κ2) is 11.2. The van der Waals surface area contributed by atoms with Crippen LogP contribution in [0.3, 0.4) is 0 Å². The molecule has 3 amide bonds. The normalized spacial score (nSPS) is 20.6. The van der Waals surface area contributed by atoms with Crippen molar-refractivity contribution >= 4 is 29.7 Å². The number of amides is 3. The number of carboxylic acid groups (broad SMARTS) is 2. The highest BCUT2D eigenvalue weighted by Crippen LogP contribution is 2.05. The molecule has 0 saturated carbocycles. The summed E-state index contributed by atoms with van der Waals surface area (Å²) in [5.74, 6) is -5.04. The molecule has 0 aromatic carbocycles. The van der Waals surface area contributed by atoms with Crippen LogP contribution in [-0.4, -0.2) is 94.0 Å². The molecule has 4 atom stereocenters. The van der Waals surface area contributed by atoms with Gasteiger partial charge in [-0.05, 0) is 12.8 Å². The number of aliphatic hydroxyl groups is 2. The zero-order valence-electron chi connectivity index (χ0n) is 14.9. The zero-order valence-corrected chi connectivity index (χ0v) is 14.9. The minimum atomic E-state index is -1.51. The first kappa shape index (κ1) is 23.3. The third-order valence-electron chi connectivity index (χ3n) is 3.94. The van der Waals surface area contributed by atoms with Crippen molar-refractivity contribution in [2.45, 2.75) is 43.5 Å². The van der Waals surface area contributed by atoms with E-state index in [2.05, 4.69) is 16.0 Å². The van der Waals surface area contributed by atoms with Gasteiger partial charge in [0.2, 0.25) is 17.7 Å². The predicted octanol–water partition coefficient (Wildman–Crippen LogP) is -4.26. The number of carboxylic acids is 2. The molecular weight excluding hydrogens is 380 g/mol. The van der Waals surface area contributed by atoms with Crippen LogP contribution in [0.25, 0.3) is 0 Å². The fraction of sp³-hybridized carbons (Fsp3) is 0.667. The number of β-amino-alcohol motifs (C(OH)–C–C–N with tert-alkyl or cyclic N) is 1. The van der Waals surface area contributed by atoms with E-state index in [1.807, 2.05) is 5.32 Å². The van der Waals surface area contributed by atoms with E-state index in [0.717, 1.165) is 0 Å². The minimum absolute atomic E-state index is 0.196. The average molecular weight is 404 g/mol. The minimum Gasteiger partial charge on any atom is -0.481 e. The molecule has 28 heavy (non-hydrogen) atoms. The van der Waals surface area contributed by atoms with Gasteiger partial charge in [-0.3, -0.25) is 19.2 Å². The van der Waals surface area contributed by atoms with Gasteiger partial charge in [0.1, 0.15) is 12.1 Å². The Kier molecular flexibility index (Phi) is 9.27. The van der Waals surface area contributed by atoms with E-state index in [-0.39, 0.29) is 19.4 Å². The molecule has 1 aliphatic heterocycles. The number of carbonyl (C=O) groups is 5. The van der Waals surface area contributed by atoms with E-state index >= 15 is 0 Å². The number of hydrogen-bond donors (Lipinski definition) is 8. The maximum absolute atomic E-state index is 12.0. The number of aliphatic hydroxyl groups excluding tert-OH is 2. The van der Waals surface area contributed by atoms with Crippen LogP contribution in [-0.2, 0) is 24.0 Å². The Hall–Kier alpha value is -2.77. The average Bonchev–Trinajstić information content (AvgIpc) is 3.06. The summed E-state index contributed by atoms with van der Waals surface area (Å²) in [6.07, 6.45) is -1.33. The van der Waals surface area contributed by atoms with Gasteiger partial charge < -0.3 is 41.7 Å². The molecule has 0 aromatic heterocycles. The van der Waals surface area contributed by atoms with Gasteiger partial charge in [-0.15, -0.1) is 0 Å². The quantitative estimate of drug-likeness (QED) is 0.166. The van der Waals surface area contributed by atoms with Crippen molar-refractivity contribution in [3.63, 3.8) is 0 Å². The van der Waals surface area contributed by atoms with Crippen LogP contribution in [0.2, 0.25) is 0 Å². The number of rotatable bonds is 11. The van der Waals surface area contributed by atoms with E-state index in [1.54, 1.807) is 0 Å². The zero-order chi connectivity index (χ0) is 21.3. The van der Waals surface area contributed by atoms with Crippen LogP contribution in [0.4, 0.5) is 0 Å². The van der Waals surface area contributed by atoms with Crippen molar-refractivity contribution in [1.82, 2.24) is 21.3 Å². The second-order valence-corrected chi connectivity index (χ2v) is 6.20. The topological polar surface area (TPSA) is 214 Å². The smallest absolute Gasteiger partial charge is 0.326 e. The molecule has 13 nitrogen and oxygen atoms in total. The SMILES string of the molecule is O=C(O)CC[C@H](NC(=O)[C@H](CO)NC(=O)CNC(=O)[C@@H]1C[C@@H](O)CN1)C(=O)O. The highest BCUT2D eigenvalue weighted by Gasteiger charge is 2.29. The number of aliphatic carboxylic acids is 2. The lowest BCUT2D eigenvalue weighted by atomic mass is 10.1. The molecule has 8 N–H and O–H groups in total. The lowest BCUT2D eigenvalue weighted by Crippen LogP contribution is -2.55. The molecule has 1 rings (SSSR count). The first-order chi connectivity index (χ1) is 13.1. The maximum Gasteiger partial charge on any atom is 0.326 e. The third-order valence-corrected chi connectivity index (χ3v) is 3.94. The van der Waals surface area contributed by atoms with Crippen molar-refractivity contribution in [1.29, 1.82) is 0 Å². The van der Waals surface area contributed by atoms with Crippen LogP contribution in [0, 0.1) is 0 Å². The molecule has 1 aliphatic rings. The van der Waals surface area contributed by atoms with Gasteiger partial charge in [0.25, 0.3) is 0 Å². The Labute approximate surface area is 159 Å². The van der Waals surface area contributed by atoms with Gasteiger partial charge in [0, 0.05) is 13.0 Å². The van der Waals surface area contributed by atoms with Gasteiger partial charge in [-0.25, -0.2) is 4.79 Å². The summed E-state index contributed by atoms with van der Waals surface area (Å²) in [5, 5.41) is 45.4. The third kappa shape index (κ3) is 7.85. The summed E-state index contributed by atoms with van der Waals surface area (Å²) in [7, 11) is 0. The van der Waals surface area contributed by atoms with Crippen molar-refractivity contribution < 1.29 is 44.4 Å². The molecule has 1 heterocycles. The summed E-state index contributed by atoms with van der Waals surface area (Å²) in [5.41, 5.74) is 0. The van der Waals surface area contributed by atoms with Crippen LogP contribution >= 0.6 is 0 Å². The molecule has 0 bridgehead atoms. The largest absolute Gasteiger partial charge is 0.481 e. The highest BCUT2D eigenvalue weighted by atomic mass is 16.4. The first-order valence-electron chi connectivity index (χ1n) is 8.48. The molecule has 1 saturated heterocycles. The summed E-state index contributed by atoms with van der Waals surface area (Å²) < 4.78 is 0. The molecule has 0 unspecified atom stereocenters. The van der Waals surface area contributed by atoms with E-state index in [4.69, 9.17) is 10.2 Å². The number of nitrogens with one attached hydrogen (secondary N) is 4. The summed E-state index contributed by atoms with van der Waals surface area (Å²) in [6, 6.07) is -3.64. The van der Waals surface area contributed by atoms with E-state index < -0.39 is 73.5 Å². The molecule has 158 valence electrons. The lowest BCUT2D eigenvalue weighted by molar-refractivity contribution is -0.143. The van der Waals surface area contributed by atoms with Crippen LogP contribution in [0.15, 0.2) is 0 Å². The van der Waals surface area contributed by atoms with Gasteiger partial charge in [0.05, 0.1) is 25.3 Å². The highest BCUT2D eigenvalue weighted by molar-refractivity contribution is 5.92. The predicted molar refractivity (Wildman–Crippen MR) is 90.9 cm³/mol. The van der Waals surface area contributed by atoms with Crippen molar-refractivity contribution in [2.24, 2.45) is 0 Å². The van der Waals surface area contributed by atoms with Gasteiger partial charge in [-0.2, -0.15) is 0 Å². The molecular formula is C15H24N4O9. The Morgan fingerprint density at radius 2 is 1.75 bits per heavy atom. The Bertz CT molecular complexity index is 612. The number of carbonyl (C=O) groups excluding carboxylic acids is 3. The van der Waals surface area contributed by atoms with Crippen LogP contribution in [0.1, 0.15) is 19.3 Å². The first-order valence-corrected chi connectivity index (χ1v) is 8.48. The Morgan fingerprint density at radius 1 is 1.07 bits per heavy atom. The monoisotopic (exact) mass is 404 g/mol. The summed E-state index contributed by atoms with van der Waals surface area (Å²) in [6.45, 7) is -1.09. The van der Waals surface area contributed by atoms with Crippen molar-refractivity contribution in [3.05, 3.63) is 0 Å². The van der Waals surface area contributed by atoms with Gasteiger partial charge in [-0.1, -0.05) is 0 Å². The Morgan fingerprint density at radius 3 is 2.25 bits per heavy atom. The summed E-state index contributed by atoms with van der Waals surface area (Å²) >= 11 is 0. The van der Waals surface area contributed by atoms with Crippen LogP contribution in [0.5, 0.6) is 0 Å². The Balaban J connectivity index is 2.48. The molecule has 0 spiro atoms. The fourth-order valence-electron chi connectivity index (χ4n) is 2.44. The molecule has 1 fully saturated rings. The number of hydrogen-bond acceptors (Lipinski definition) is 8. The van der Waals surface area contributed by atoms with E-state index in [1.165, 1.54) is 0 Å². The van der Waals surface area contributed by atoms with Crippen LogP contribution < -0.4 is 21.3 Å². The second-order valence-electron chi connectivity index (χ2n) is 6.20. The van der Waals surface area contributed by atoms with E-state index in [9.17, 15) is 34.2 Å². The fourth-order valence-corrected chi connectivity index (χ4v) is 2.44. The van der Waals surface area contributed by atoms with Crippen molar-refractivity contribution in [3.8, 4) is 0 Å². The summed E-state index contributed by atoms with van der Waals surface area (Å²) in [4.78, 5) is 57.3. The molecule has 13 heteroatoms. The van der Waals surface area contributed by atoms with Gasteiger partial charge in [0.15, 0.2) is 0 Å². The molecule has 0 aromatic rings. The standard InChI is InChI=1S/C15H24N4O9/c20-6-10(14(26)19-8(15(27)28)1-2-12(23)24)18-11(22)5-17-13(25)9-3-7(21)4-16-9/h7-10,16,20-21H,1-6H2,(H,17,25)(H,18,22)(H,19,26)(H,23,24)(H,27,28)/t7-,8+,9+,10+/m1/s1. The van der Waals surface area contributed by atoms with E-state index in [0.29, 0.717) is 0 Å². The molecule has 0 radical (unpaired) electrons. The van der Waals surface area contributed by atoms with Crippen molar-refractivity contribution in [2.75, 3.05) is 19.7 Å². The lowest BCUT2D eigenvalue weighted by Gasteiger charge is -2.20. The molecule has 0 aliphatic carbocycles. The van der Waals surface area contributed by atoms with Gasteiger partial charge >= 0.3 is 11.9 Å². The maximum atomic E-state index is 12.0.